The maximum Gasteiger partial charge on any atom is 0.416 e. The number of nitrogens with zero attached hydrogens (tertiary/aromatic N) is 1. The van der Waals surface area contributed by atoms with Crippen LogP contribution in [0, 0.1) is 5.92 Å². The maximum absolute atomic E-state index is 13.0. The van der Waals surface area contributed by atoms with E-state index < -0.39 is 23.7 Å². The van der Waals surface area contributed by atoms with E-state index in [1.807, 2.05) is 6.92 Å². The third-order valence-corrected chi connectivity index (χ3v) is 6.51. The Labute approximate surface area is 212 Å². The second-order valence-corrected chi connectivity index (χ2v) is 9.01. The van der Waals surface area contributed by atoms with E-state index in [9.17, 15) is 27.6 Å². The summed E-state index contributed by atoms with van der Waals surface area (Å²) < 4.78 is 49.1. The minimum atomic E-state index is -4.47. The van der Waals surface area contributed by atoms with Crippen molar-refractivity contribution in [3.8, 4) is 11.5 Å². The van der Waals surface area contributed by atoms with Crippen molar-refractivity contribution >= 4 is 17.7 Å². The van der Waals surface area contributed by atoms with Crippen LogP contribution in [0.4, 0.5) is 13.2 Å². The lowest BCUT2D eigenvalue weighted by Gasteiger charge is -2.36. The van der Waals surface area contributed by atoms with Crippen LogP contribution < -0.4 is 20.1 Å². The van der Waals surface area contributed by atoms with Crippen LogP contribution in [0.2, 0.25) is 0 Å². The number of ether oxygens (including phenoxy) is 2. The number of piperidine rings is 1. The number of nitrogens with one attached hydrogen (secondary N) is 2. The molecule has 37 heavy (non-hydrogen) atoms. The Balaban J connectivity index is 1.41. The van der Waals surface area contributed by atoms with Crippen LogP contribution in [-0.2, 0) is 11.0 Å². The minimum Gasteiger partial charge on any atom is -0.454 e. The van der Waals surface area contributed by atoms with Gasteiger partial charge in [0.15, 0.2) is 11.5 Å². The van der Waals surface area contributed by atoms with Crippen LogP contribution >= 0.6 is 0 Å². The largest absolute Gasteiger partial charge is 0.454 e. The molecule has 8 nitrogen and oxygen atoms in total. The third kappa shape index (κ3) is 6.15. The van der Waals surface area contributed by atoms with E-state index in [0.717, 1.165) is 18.6 Å². The van der Waals surface area contributed by atoms with Crippen molar-refractivity contribution < 1.29 is 37.0 Å². The lowest BCUT2D eigenvalue weighted by Crippen LogP contribution is -2.54. The third-order valence-electron chi connectivity index (χ3n) is 6.51. The molecular formula is C26H28F3N3O5. The average Bonchev–Trinajstić information content (AvgIpc) is 3.37. The second-order valence-electron chi connectivity index (χ2n) is 9.01. The summed E-state index contributed by atoms with van der Waals surface area (Å²) in [5.74, 6) is -0.342. The summed E-state index contributed by atoms with van der Waals surface area (Å²) in [6.45, 7) is 3.07. The highest BCUT2D eigenvalue weighted by Crippen LogP contribution is 2.33. The fourth-order valence-electron chi connectivity index (χ4n) is 4.44. The van der Waals surface area contributed by atoms with Crippen LogP contribution in [0.5, 0.6) is 11.5 Å². The zero-order valence-electron chi connectivity index (χ0n) is 20.3. The molecule has 2 aliphatic heterocycles. The first-order chi connectivity index (χ1) is 17.7. The first-order valence-electron chi connectivity index (χ1n) is 12.1. The number of amides is 3. The number of likely N-dealkylation sites (tertiary alicyclic amines) is 1. The first kappa shape index (κ1) is 26.3. The quantitative estimate of drug-likeness (QED) is 0.583. The summed E-state index contributed by atoms with van der Waals surface area (Å²) in [7, 11) is 0. The van der Waals surface area contributed by atoms with Gasteiger partial charge in [-0.05, 0) is 67.6 Å². The van der Waals surface area contributed by atoms with E-state index >= 15 is 0 Å². The lowest BCUT2D eigenvalue weighted by atomic mass is 9.88. The molecule has 2 aromatic rings. The standard InChI is InChI=1S/C26H28F3N3O5/c1-2-11-30-24(34)22(31-23(33)18-5-8-20-21(14-18)37-15-36-20)16-9-12-32(13-10-16)25(35)17-3-6-19(7-4-17)26(27,28)29/h3-8,14,16,22H,2,9-13,15H2,1H3,(H,30,34)(H,31,33)/t22-/m0/s1. The van der Waals surface area contributed by atoms with Crippen LogP contribution in [0.15, 0.2) is 42.5 Å². The summed E-state index contributed by atoms with van der Waals surface area (Å²) in [4.78, 5) is 40.4. The summed E-state index contributed by atoms with van der Waals surface area (Å²) in [5, 5.41) is 5.68. The molecule has 2 N–H and O–H groups in total. The van der Waals surface area contributed by atoms with E-state index in [1.165, 1.54) is 12.1 Å². The molecule has 0 saturated carbocycles. The molecule has 0 aromatic heterocycles. The molecule has 3 amide bonds. The molecule has 0 spiro atoms. The Morgan fingerprint density at radius 2 is 1.65 bits per heavy atom. The van der Waals surface area contributed by atoms with E-state index in [4.69, 9.17) is 9.47 Å². The Hall–Kier alpha value is -3.76. The topological polar surface area (TPSA) is 97.0 Å². The summed E-state index contributed by atoms with van der Waals surface area (Å²) in [6, 6.07) is 8.09. The first-order valence-corrected chi connectivity index (χ1v) is 12.1. The normalized spacial score (nSPS) is 16.3. The Kier molecular flexibility index (Phi) is 7.89. The minimum absolute atomic E-state index is 0.0756. The van der Waals surface area contributed by atoms with Gasteiger partial charge in [0.25, 0.3) is 11.8 Å². The number of fused-ring (bicyclic) bond motifs is 1. The fourth-order valence-corrected chi connectivity index (χ4v) is 4.44. The number of carbonyl (C=O) groups excluding carboxylic acids is 3. The van der Waals surface area contributed by atoms with Crippen LogP contribution in [0.1, 0.15) is 52.5 Å². The van der Waals surface area contributed by atoms with Gasteiger partial charge in [0, 0.05) is 30.8 Å². The molecule has 0 bridgehead atoms. The Morgan fingerprint density at radius 1 is 1.00 bits per heavy atom. The number of hydrogen-bond acceptors (Lipinski definition) is 5. The van der Waals surface area contributed by atoms with Crippen molar-refractivity contribution in [1.29, 1.82) is 0 Å². The highest BCUT2D eigenvalue weighted by atomic mass is 19.4. The molecule has 198 valence electrons. The number of halogens is 3. The molecule has 1 atom stereocenters. The highest BCUT2D eigenvalue weighted by molar-refractivity contribution is 5.98. The van der Waals surface area contributed by atoms with E-state index in [0.29, 0.717) is 49.5 Å². The van der Waals surface area contributed by atoms with Gasteiger partial charge in [-0.3, -0.25) is 14.4 Å². The van der Waals surface area contributed by atoms with E-state index in [2.05, 4.69) is 10.6 Å². The fraction of sp³-hybridized carbons (Fsp3) is 0.423. The molecule has 0 unspecified atom stereocenters. The number of alkyl halides is 3. The van der Waals surface area contributed by atoms with Gasteiger partial charge in [-0.15, -0.1) is 0 Å². The number of carbonyl (C=O) groups is 3. The lowest BCUT2D eigenvalue weighted by molar-refractivity contribution is -0.137. The van der Waals surface area contributed by atoms with Crippen molar-refractivity contribution in [2.24, 2.45) is 5.92 Å². The monoisotopic (exact) mass is 519 g/mol. The molecule has 0 aliphatic carbocycles. The van der Waals surface area contributed by atoms with Gasteiger partial charge in [-0.25, -0.2) is 0 Å². The van der Waals surface area contributed by atoms with Gasteiger partial charge >= 0.3 is 6.18 Å². The van der Waals surface area contributed by atoms with E-state index in [-0.39, 0.29) is 30.1 Å². The van der Waals surface area contributed by atoms with Crippen LogP contribution in [0.25, 0.3) is 0 Å². The smallest absolute Gasteiger partial charge is 0.416 e. The van der Waals surface area contributed by atoms with Gasteiger partial charge in [-0.2, -0.15) is 13.2 Å². The summed E-state index contributed by atoms with van der Waals surface area (Å²) in [6.07, 6.45) is -2.86. The Morgan fingerprint density at radius 3 is 2.30 bits per heavy atom. The number of rotatable bonds is 7. The molecule has 11 heteroatoms. The molecule has 4 rings (SSSR count). The van der Waals surface area contributed by atoms with Gasteiger partial charge in [0.05, 0.1) is 5.56 Å². The highest BCUT2D eigenvalue weighted by Gasteiger charge is 2.35. The molecule has 2 aromatic carbocycles. The zero-order valence-corrected chi connectivity index (χ0v) is 20.3. The SMILES string of the molecule is CCCNC(=O)[C@@H](NC(=O)c1ccc2c(c1)OCO2)C1CCN(C(=O)c2ccc(C(F)(F)F)cc2)CC1. The summed E-state index contributed by atoms with van der Waals surface area (Å²) >= 11 is 0. The van der Waals surface area contributed by atoms with Crippen molar-refractivity contribution in [3.63, 3.8) is 0 Å². The van der Waals surface area contributed by atoms with E-state index in [1.54, 1.807) is 23.1 Å². The van der Waals surface area contributed by atoms with Crippen LogP contribution in [-0.4, -0.2) is 55.1 Å². The predicted molar refractivity (Wildman–Crippen MR) is 127 cm³/mol. The average molecular weight is 520 g/mol. The number of benzene rings is 2. The van der Waals surface area contributed by atoms with Crippen molar-refractivity contribution in [3.05, 3.63) is 59.2 Å². The second kappa shape index (κ2) is 11.1. The molecule has 2 aliphatic rings. The van der Waals surface area contributed by atoms with Gasteiger partial charge in [-0.1, -0.05) is 6.92 Å². The molecule has 0 radical (unpaired) electrons. The summed E-state index contributed by atoms with van der Waals surface area (Å²) in [5.41, 5.74) is -0.325. The number of hydrogen-bond donors (Lipinski definition) is 2. The Bertz CT molecular complexity index is 1150. The van der Waals surface area contributed by atoms with Crippen LogP contribution in [0.3, 0.4) is 0 Å². The molecular weight excluding hydrogens is 491 g/mol. The maximum atomic E-state index is 13.0. The van der Waals surface area contributed by atoms with Gasteiger partial charge in [0.1, 0.15) is 6.04 Å². The molecule has 1 saturated heterocycles. The van der Waals surface area contributed by atoms with Crippen molar-refractivity contribution in [1.82, 2.24) is 15.5 Å². The predicted octanol–water partition coefficient (Wildman–Crippen LogP) is 3.61. The zero-order chi connectivity index (χ0) is 26.6. The van der Waals surface area contributed by atoms with Gasteiger partial charge < -0.3 is 25.0 Å². The molecule has 1 fully saturated rings. The molecule has 2 heterocycles. The van der Waals surface area contributed by atoms with Gasteiger partial charge in [0.2, 0.25) is 12.7 Å². The van der Waals surface area contributed by atoms with Crippen molar-refractivity contribution in [2.75, 3.05) is 26.4 Å². The van der Waals surface area contributed by atoms with Crippen molar-refractivity contribution in [2.45, 2.75) is 38.4 Å².